The number of ether oxygens (including phenoxy) is 2. The molecule has 1 aliphatic rings. The first-order chi connectivity index (χ1) is 14.7. The van der Waals surface area contributed by atoms with E-state index in [4.69, 9.17) is 9.47 Å². The van der Waals surface area contributed by atoms with Gasteiger partial charge in [-0.15, -0.1) is 0 Å². The van der Waals surface area contributed by atoms with E-state index in [0.29, 0.717) is 5.88 Å². The molecule has 154 valence electrons. The zero-order chi connectivity index (χ0) is 20.8. The van der Waals surface area contributed by atoms with Crippen LogP contribution in [0.3, 0.4) is 0 Å². The lowest BCUT2D eigenvalue weighted by Crippen LogP contribution is -2.30. The number of piperidine rings is 1. The summed E-state index contributed by atoms with van der Waals surface area (Å²) in [6.45, 7) is 6.02. The van der Waals surface area contributed by atoms with Crippen LogP contribution in [0.5, 0.6) is 17.4 Å². The van der Waals surface area contributed by atoms with Gasteiger partial charge in [0.05, 0.1) is 24.2 Å². The Labute approximate surface area is 178 Å². The largest absolute Gasteiger partial charge is 0.489 e. The summed E-state index contributed by atoms with van der Waals surface area (Å²) in [6, 6.07) is 16.0. The minimum absolute atomic E-state index is 0.125. The van der Waals surface area contributed by atoms with E-state index in [0.717, 1.165) is 43.0 Å². The van der Waals surface area contributed by atoms with E-state index in [1.807, 2.05) is 56.6 Å². The molecule has 0 spiro atoms. The van der Waals surface area contributed by atoms with Gasteiger partial charge in [-0.25, -0.2) is 4.98 Å². The molecule has 0 unspecified atom stereocenters. The first-order valence-corrected chi connectivity index (χ1v) is 10.4. The van der Waals surface area contributed by atoms with Gasteiger partial charge >= 0.3 is 0 Å². The highest BCUT2D eigenvalue weighted by atomic mass is 16.5. The fraction of sp³-hybridized carbons (Fsp3) is 0.280. The summed E-state index contributed by atoms with van der Waals surface area (Å²) in [5, 5.41) is 0. The number of nitrogens with zero attached hydrogens (tertiary/aromatic N) is 3. The quantitative estimate of drug-likeness (QED) is 0.527. The maximum absolute atomic E-state index is 5.93. The third-order valence-corrected chi connectivity index (χ3v) is 4.95. The number of hydrogen-bond donors (Lipinski definition) is 0. The summed E-state index contributed by atoms with van der Waals surface area (Å²) in [6.07, 6.45) is 9.96. The Morgan fingerprint density at radius 2 is 1.83 bits per heavy atom. The predicted molar refractivity (Wildman–Crippen MR) is 120 cm³/mol. The normalized spacial score (nSPS) is 14.0. The lowest BCUT2D eigenvalue weighted by Gasteiger charge is -2.30. The van der Waals surface area contributed by atoms with Crippen molar-refractivity contribution in [3.63, 3.8) is 0 Å². The summed E-state index contributed by atoms with van der Waals surface area (Å²) in [7, 11) is 0. The molecule has 0 saturated carbocycles. The van der Waals surface area contributed by atoms with Gasteiger partial charge in [0.25, 0.3) is 0 Å². The van der Waals surface area contributed by atoms with E-state index >= 15 is 0 Å². The van der Waals surface area contributed by atoms with Crippen LogP contribution in [-0.2, 0) is 0 Å². The van der Waals surface area contributed by atoms with Gasteiger partial charge in [-0.2, -0.15) is 0 Å². The van der Waals surface area contributed by atoms with E-state index < -0.39 is 0 Å². The molecular formula is C25H27N3O2. The van der Waals surface area contributed by atoms with E-state index in [9.17, 15) is 0 Å². The Kier molecular flexibility index (Phi) is 6.28. The molecule has 4 rings (SSSR count). The number of aromatic nitrogens is 2. The van der Waals surface area contributed by atoms with E-state index in [-0.39, 0.29) is 6.10 Å². The molecule has 0 bridgehead atoms. The molecule has 5 heteroatoms. The minimum Gasteiger partial charge on any atom is -0.489 e. The van der Waals surface area contributed by atoms with Crippen molar-refractivity contribution in [3.8, 4) is 17.4 Å². The molecule has 1 aromatic carbocycles. The molecule has 0 radical (unpaired) electrons. The highest BCUT2D eigenvalue weighted by Gasteiger charge is 2.14. The smallest absolute Gasteiger partial charge is 0.219 e. The summed E-state index contributed by atoms with van der Waals surface area (Å²) >= 11 is 0. The van der Waals surface area contributed by atoms with Gasteiger partial charge < -0.3 is 14.4 Å². The molecule has 0 atom stereocenters. The lowest BCUT2D eigenvalue weighted by molar-refractivity contribution is 0.241. The Morgan fingerprint density at radius 3 is 2.53 bits per heavy atom. The van der Waals surface area contributed by atoms with Gasteiger partial charge in [0.2, 0.25) is 5.88 Å². The van der Waals surface area contributed by atoms with Crippen LogP contribution < -0.4 is 14.4 Å². The SMILES string of the molecule is CC(C)Oc1ccc(Oc2cccc(C=C3CCN(c4cccnc4)CC3)c2)nc1. The van der Waals surface area contributed by atoms with Crippen LogP contribution in [0, 0.1) is 0 Å². The molecule has 3 heterocycles. The van der Waals surface area contributed by atoms with Crippen LogP contribution in [0.2, 0.25) is 0 Å². The number of rotatable bonds is 6. The Bertz CT molecular complexity index is 975. The van der Waals surface area contributed by atoms with Gasteiger partial charge in [-0.1, -0.05) is 23.8 Å². The molecule has 1 saturated heterocycles. The van der Waals surface area contributed by atoms with Crippen molar-refractivity contribution >= 4 is 11.8 Å². The predicted octanol–water partition coefficient (Wildman–Crippen LogP) is 5.74. The third-order valence-electron chi connectivity index (χ3n) is 4.95. The second kappa shape index (κ2) is 9.44. The van der Waals surface area contributed by atoms with Crippen molar-refractivity contribution in [1.29, 1.82) is 0 Å². The van der Waals surface area contributed by atoms with Crippen molar-refractivity contribution in [2.45, 2.75) is 32.8 Å². The van der Waals surface area contributed by atoms with E-state index in [1.54, 1.807) is 6.20 Å². The Morgan fingerprint density at radius 1 is 0.967 bits per heavy atom. The molecule has 1 aliphatic heterocycles. The Hall–Kier alpha value is -3.34. The van der Waals surface area contributed by atoms with Crippen LogP contribution in [0.4, 0.5) is 5.69 Å². The van der Waals surface area contributed by atoms with Crippen LogP contribution in [0.1, 0.15) is 32.3 Å². The van der Waals surface area contributed by atoms with Crippen molar-refractivity contribution in [2.24, 2.45) is 0 Å². The van der Waals surface area contributed by atoms with Crippen LogP contribution >= 0.6 is 0 Å². The number of anilines is 1. The monoisotopic (exact) mass is 401 g/mol. The number of benzene rings is 1. The molecule has 0 aliphatic carbocycles. The van der Waals surface area contributed by atoms with Crippen molar-refractivity contribution < 1.29 is 9.47 Å². The fourth-order valence-electron chi connectivity index (χ4n) is 3.53. The van der Waals surface area contributed by atoms with Crippen molar-refractivity contribution in [1.82, 2.24) is 9.97 Å². The summed E-state index contributed by atoms with van der Waals surface area (Å²) in [5.74, 6) is 2.08. The molecule has 1 fully saturated rings. The van der Waals surface area contributed by atoms with Crippen molar-refractivity contribution in [2.75, 3.05) is 18.0 Å². The summed E-state index contributed by atoms with van der Waals surface area (Å²) in [4.78, 5) is 11.0. The van der Waals surface area contributed by atoms with E-state index in [1.165, 1.54) is 11.3 Å². The average Bonchev–Trinajstić information content (AvgIpc) is 2.76. The standard InChI is InChI=1S/C25H27N3O2/c1-19(2)29-24-8-9-25(27-18-24)30-23-7-3-5-21(16-23)15-20-10-13-28(14-11-20)22-6-4-12-26-17-22/h3-9,12,15-19H,10-11,13-14H2,1-2H3. The van der Waals surface area contributed by atoms with Gasteiger partial charge in [-0.3, -0.25) is 4.98 Å². The second-order valence-electron chi connectivity index (χ2n) is 7.67. The fourth-order valence-corrected chi connectivity index (χ4v) is 3.53. The molecule has 5 nitrogen and oxygen atoms in total. The summed E-state index contributed by atoms with van der Waals surface area (Å²) < 4.78 is 11.6. The molecular weight excluding hydrogens is 374 g/mol. The van der Waals surface area contributed by atoms with Crippen LogP contribution in [0.25, 0.3) is 6.08 Å². The highest BCUT2D eigenvalue weighted by Crippen LogP contribution is 2.26. The number of pyridine rings is 2. The first-order valence-electron chi connectivity index (χ1n) is 10.4. The highest BCUT2D eigenvalue weighted by molar-refractivity contribution is 5.56. The molecule has 0 N–H and O–H groups in total. The van der Waals surface area contributed by atoms with Crippen molar-refractivity contribution in [3.05, 3.63) is 78.3 Å². The maximum Gasteiger partial charge on any atom is 0.219 e. The van der Waals surface area contributed by atoms with Crippen LogP contribution in [0.15, 0.2) is 72.7 Å². The topological polar surface area (TPSA) is 47.5 Å². The Balaban J connectivity index is 1.38. The zero-order valence-corrected chi connectivity index (χ0v) is 17.5. The second-order valence-corrected chi connectivity index (χ2v) is 7.67. The maximum atomic E-state index is 5.93. The molecule has 30 heavy (non-hydrogen) atoms. The van der Waals surface area contributed by atoms with Gasteiger partial charge in [0, 0.05) is 25.4 Å². The summed E-state index contributed by atoms with van der Waals surface area (Å²) in [5.41, 5.74) is 3.81. The third kappa shape index (κ3) is 5.38. The lowest BCUT2D eigenvalue weighted by atomic mass is 10.0. The first kappa shape index (κ1) is 20.0. The van der Waals surface area contributed by atoms with E-state index in [2.05, 4.69) is 39.1 Å². The zero-order valence-electron chi connectivity index (χ0n) is 17.5. The molecule has 0 amide bonds. The molecule has 3 aromatic rings. The van der Waals surface area contributed by atoms with Crippen LogP contribution in [-0.4, -0.2) is 29.2 Å². The average molecular weight is 402 g/mol. The molecule has 2 aromatic heterocycles. The van der Waals surface area contributed by atoms with Gasteiger partial charge in [0.1, 0.15) is 11.5 Å². The van der Waals surface area contributed by atoms with Gasteiger partial charge in [0.15, 0.2) is 0 Å². The van der Waals surface area contributed by atoms with Gasteiger partial charge in [-0.05, 0) is 62.6 Å². The minimum atomic E-state index is 0.125. The number of hydrogen-bond acceptors (Lipinski definition) is 5.